The molecule has 0 aliphatic heterocycles. The fourth-order valence-electron chi connectivity index (χ4n) is 2.05. The van der Waals surface area contributed by atoms with Crippen LogP contribution in [0.1, 0.15) is 32.7 Å². The van der Waals surface area contributed by atoms with Crippen LogP contribution in [-0.2, 0) is 0 Å². The molecule has 0 radical (unpaired) electrons. The highest BCUT2D eigenvalue weighted by molar-refractivity contribution is 5.87. The fraction of sp³-hybridized carbons (Fsp3) is 0.286. The first kappa shape index (κ1) is 12.4. The molecule has 1 aromatic heterocycles. The highest BCUT2D eigenvalue weighted by Crippen LogP contribution is 2.28. The highest BCUT2D eigenvalue weighted by Gasteiger charge is 2.13. The summed E-state index contributed by atoms with van der Waals surface area (Å²) < 4.78 is 0. The Hall–Kier alpha value is -2.10. The summed E-state index contributed by atoms with van der Waals surface area (Å²) in [6, 6.07) is 3.62. The largest absolute Gasteiger partial charge is 0.477 e. The highest BCUT2D eigenvalue weighted by atomic mass is 16.4. The standard InChI is InChI=1S/C14H16N2O2/c1-7-5-11(10(4)9(3)8(7)2)12-6-13(14(17)18)16-15-12/h5-6H,1-4H3,(H,15,16)(H,17,18). The summed E-state index contributed by atoms with van der Waals surface area (Å²) >= 11 is 0. The van der Waals surface area contributed by atoms with Gasteiger partial charge in [0.1, 0.15) is 5.69 Å². The van der Waals surface area contributed by atoms with Gasteiger partial charge in [-0.2, -0.15) is 5.10 Å². The van der Waals surface area contributed by atoms with Crippen LogP contribution in [0, 0.1) is 27.7 Å². The van der Waals surface area contributed by atoms with E-state index in [0.717, 1.165) is 11.1 Å². The van der Waals surface area contributed by atoms with E-state index < -0.39 is 5.97 Å². The minimum absolute atomic E-state index is 0.111. The van der Waals surface area contributed by atoms with Crippen molar-refractivity contribution in [3.05, 3.63) is 40.1 Å². The molecule has 0 aliphatic carbocycles. The van der Waals surface area contributed by atoms with Crippen LogP contribution in [0.5, 0.6) is 0 Å². The average molecular weight is 244 g/mol. The summed E-state index contributed by atoms with van der Waals surface area (Å²) in [5.74, 6) is -0.994. The normalized spacial score (nSPS) is 10.7. The van der Waals surface area contributed by atoms with Gasteiger partial charge in [-0.1, -0.05) is 0 Å². The molecule has 0 aliphatic rings. The molecule has 4 nitrogen and oxygen atoms in total. The third-order valence-electron chi connectivity index (χ3n) is 3.57. The first-order chi connectivity index (χ1) is 8.41. The number of rotatable bonds is 2. The molecule has 1 heterocycles. The Balaban J connectivity index is 2.60. The number of hydrogen-bond acceptors (Lipinski definition) is 2. The molecule has 0 fully saturated rings. The smallest absolute Gasteiger partial charge is 0.353 e. The van der Waals surface area contributed by atoms with E-state index in [2.05, 4.69) is 37.0 Å². The number of aromatic carboxylic acids is 1. The minimum Gasteiger partial charge on any atom is -0.477 e. The zero-order chi connectivity index (χ0) is 13.4. The lowest BCUT2D eigenvalue weighted by Gasteiger charge is -2.12. The van der Waals surface area contributed by atoms with Crippen molar-refractivity contribution in [3.63, 3.8) is 0 Å². The Morgan fingerprint density at radius 3 is 2.33 bits per heavy atom. The molecule has 0 saturated heterocycles. The summed E-state index contributed by atoms with van der Waals surface area (Å²) in [7, 11) is 0. The predicted molar refractivity (Wildman–Crippen MR) is 69.9 cm³/mol. The van der Waals surface area contributed by atoms with Gasteiger partial charge in [0.05, 0.1) is 5.69 Å². The maximum absolute atomic E-state index is 10.8. The van der Waals surface area contributed by atoms with Gasteiger partial charge in [-0.25, -0.2) is 4.79 Å². The van der Waals surface area contributed by atoms with Crippen LogP contribution in [-0.4, -0.2) is 21.3 Å². The number of aromatic amines is 1. The van der Waals surface area contributed by atoms with Gasteiger partial charge < -0.3 is 5.11 Å². The summed E-state index contributed by atoms with van der Waals surface area (Å²) in [6.07, 6.45) is 0. The lowest BCUT2D eigenvalue weighted by Crippen LogP contribution is -1.95. The van der Waals surface area contributed by atoms with Gasteiger partial charge in [-0.05, 0) is 62.1 Å². The first-order valence-corrected chi connectivity index (χ1v) is 5.78. The van der Waals surface area contributed by atoms with Crippen molar-refractivity contribution < 1.29 is 9.90 Å². The van der Waals surface area contributed by atoms with Gasteiger partial charge in [0.25, 0.3) is 0 Å². The Labute approximate surface area is 106 Å². The number of nitrogens with zero attached hydrogens (tertiary/aromatic N) is 1. The molecule has 94 valence electrons. The van der Waals surface area contributed by atoms with Crippen molar-refractivity contribution >= 4 is 5.97 Å². The third-order valence-corrected chi connectivity index (χ3v) is 3.57. The predicted octanol–water partition coefficient (Wildman–Crippen LogP) is 3.01. The summed E-state index contributed by atoms with van der Waals surface area (Å²) in [4.78, 5) is 10.8. The Morgan fingerprint density at radius 2 is 1.78 bits per heavy atom. The Kier molecular flexibility index (Phi) is 2.95. The lowest BCUT2D eigenvalue weighted by atomic mass is 9.93. The molecule has 0 atom stereocenters. The molecule has 2 N–H and O–H groups in total. The average Bonchev–Trinajstić information content (AvgIpc) is 2.80. The number of aromatic nitrogens is 2. The van der Waals surface area contributed by atoms with E-state index in [1.807, 2.05) is 6.92 Å². The zero-order valence-corrected chi connectivity index (χ0v) is 11.0. The number of hydrogen-bond donors (Lipinski definition) is 2. The number of carboxylic acid groups (broad SMARTS) is 1. The van der Waals surface area contributed by atoms with Gasteiger partial charge in [0.2, 0.25) is 0 Å². The molecule has 0 saturated carbocycles. The number of nitrogens with one attached hydrogen (secondary N) is 1. The zero-order valence-electron chi connectivity index (χ0n) is 11.0. The van der Waals surface area contributed by atoms with Gasteiger partial charge in [0.15, 0.2) is 0 Å². The van der Waals surface area contributed by atoms with Crippen LogP contribution in [0.2, 0.25) is 0 Å². The summed E-state index contributed by atoms with van der Waals surface area (Å²) in [5.41, 5.74) is 6.60. The quantitative estimate of drug-likeness (QED) is 0.853. The SMILES string of the molecule is Cc1cc(-c2cc(C(=O)O)[nH]n2)c(C)c(C)c1C. The van der Waals surface area contributed by atoms with Gasteiger partial charge in [-0.15, -0.1) is 0 Å². The molecule has 18 heavy (non-hydrogen) atoms. The van der Waals surface area contributed by atoms with Crippen LogP contribution in [0.25, 0.3) is 11.3 Å². The molecule has 0 unspecified atom stereocenters. The number of carboxylic acids is 1. The molecule has 4 heteroatoms. The third kappa shape index (κ3) is 1.90. The van der Waals surface area contributed by atoms with Crippen LogP contribution in [0.3, 0.4) is 0 Å². The van der Waals surface area contributed by atoms with Crippen LogP contribution in [0.4, 0.5) is 0 Å². The number of H-pyrrole nitrogens is 1. The van der Waals surface area contributed by atoms with Crippen molar-refractivity contribution in [2.24, 2.45) is 0 Å². The van der Waals surface area contributed by atoms with E-state index in [-0.39, 0.29) is 5.69 Å². The summed E-state index contributed by atoms with van der Waals surface area (Å²) in [5, 5.41) is 15.5. The second-order valence-electron chi connectivity index (χ2n) is 4.59. The van der Waals surface area contributed by atoms with E-state index >= 15 is 0 Å². The molecule has 0 amide bonds. The van der Waals surface area contributed by atoms with E-state index in [4.69, 9.17) is 5.11 Å². The molecule has 1 aromatic carbocycles. The molecular weight excluding hydrogens is 228 g/mol. The van der Waals surface area contributed by atoms with Gasteiger partial charge in [-0.3, -0.25) is 5.10 Å². The van der Waals surface area contributed by atoms with Crippen molar-refractivity contribution in [1.29, 1.82) is 0 Å². The number of benzene rings is 1. The first-order valence-electron chi connectivity index (χ1n) is 5.78. The van der Waals surface area contributed by atoms with Crippen LogP contribution < -0.4 is 0 Å². The second-order valence-corrected chi connectivity index (χ2v) is 4.59. The van der Waals surface area contributed by atoms with Crippen LogP contribution >= 0.6 is 0 Å². The fourth-order valence-corrected chi connectivity index (χ4v) is 2.05. The Bertz CT molecular complexity index is 627. The second kappa shape index (κ2) is 4.29. The topological polar surface area (TPSA) is 66.0 Å². The van der Waals surface area contributed by atoms with E-state index in [1.54, 1.807) is 6.07 Å². The maximum Gasteiger partial charge on any atom is 0.353 e. The van der Waals surface area contributed by atoms with Gasteiger partial charge in [0, 0.05) is 5.56 Å². The molecular formula is C14H16N2O2. The van der Waals surface area contributed by atoms with E-state index in [9.17, 15) is 4.79 Å². The summed E-state index contributed by atoms with van der Waals surface area (Å²) in [6.45, 7) is 8.25. The van der Waals surface area contributed by atoms with E-state index in [1.165, 1.54) is 16.7 Å². The van der Waals surface area contributed by atoms with E-state index in [0.29, 0.717) is 5.69 Å². The minimum atomic E-state index is -0.994. The molecule has 2 aromatic rings. The molecule has 2 rings (SSSR count). The Morgan fingerprint density at radius 1 is 1.11 bits per heavy atom. The van der Waals surface area contributed by atoms with Gasteiger partial charge >= 0.3 is 5.97 Å². The van der Waals surface area contributed by atoms with Crippen LogP contribution in [0.15, 0.2) is 12.1 Å². The molecule has 0 spiro atoms. The van der Waals surface area contributed by atoms with Crippen molar-refractivity contribution in [2.75, 3.05) is 0 Å². The van der Waals surface area contributed by atoms with Crippen molar-refractivity contribution in [3.8, 4) is 11.3 Å². The number of aryl methyl sites for hydroxylation is 1. The molecule has 0 bridgehead atoms. The van der Waals surface area contributed by atoms with Crippen molar-refractivity contribution in [2.45, 2.75) is 27.7 Å². The number of carbonyl (C=O) groups is 1. The maximum atomic E-state index is 10.8. The lowest BCUT2D eigenvalue weighted by molar-refractivity contribution is 0.0690. The van der Waals surface area contributed by atoms with Crippen molar-refractivity contribution in [1.82, 2.24) is 10.2 Å². The monoisotopic (exact) mass is 244 g/mol.